The van der Waals surface area contributed by atoms with Gasteiger partial charge in [0.25, 0.3) is 0 Å². The zero-order valence-corrected chi connectivity index (χ0v) is 13.6. The Morgan fingerprint density at radius 2 is 1.80 bits per heavy atom. The zero-order chi connectivity index (χ0) is 14.9. The molecule has 2 rings (SSSR count). The van der Waals surface area contributed by atoms with Crippen LogP contribution in [0.5, 0.6) is 0 Å². The number of benzene rings is 1. The van der Waals surface area contributed by atoms with Crippen LogP contribution in [0.4, 0.5) is 0 Å². The Morgan fingerprint density at radius 3 is 2.45 bits per heavy atom. The molecule has 20 heavy (non-hydrogen) atoms. The number of aryl methyl sites for hydroxylation is 2. The molecule has 1 aromatic carbocycles. The lowest BCUT2D eigenvalue weighted by molar-refractivity contribution is 0.227. The second-order valence-electron chi connectivity index (χ2n) is 6.24. The first-order chi connectivity index (χ1) is 9.31. The van der Waals surface area contributed by atoms with E-state index in [1.54, 1.807) is 12.1 Å². The molecule has 1 aromatic rings. The van der Waals surface area contributed by atoms with Crippen molar-refractivity contribution in [3.63, 3.8) is 0 Å². The fraction of sp³-hybridized carbons (Fsp3) is 0.625. The average molecular weight is 295 g/mol. The molecule has 1 aliphatic rings. The summed E-state index contributed by atoms with van der Waals surface area (Å²) in [6.45, 7) is 8.29. The van der Waals surface area contributed by atoms with E-state index in [0.29, 0.717) is 16.7 Å². The predicted octanol–water partition coefficient (Wildman–Crippen LogP) is 3.41. The van der Waals surface area contributed by atoms with Crippen LogP contribution in [-0.4, -0.2) is 14.5 Å². The molecule has 0 spiro atoms. The van der Waals surface area contributed by atoms with Crippen LogP contribution in [0.1, 0.15) is 44.2 Å². The molecule has 0 amide bonds. The van der Waals surface area contributed by atoms with Gasteiger partial charge in [0.15, 0.2) is 0 Å². The normalized spacial score (nSPS) is 27.5. The number of sulfonamides is 1. The topological polar surface area (TPSA) is 46.2 Å². The third kappa shape index (κ3) is 3.23. The highest BCUT2D eigenvalue weighted by Crippen LogP contribution is 2.30. The fourth-order valence-electron chi connectivity index (χ4n) is 2.90. The van der Waals surface area contributed by atoms with Gasteiger partial charge in [0.05, 0.1) is 4.90 Å². The minimum absolute atomic E-state index is 0.0605. The van der Waals surface area contributed by atoms with Gasteiger partial charge in [-0.2, -0.15) is 0 Å². The van der Waals surface area contributed by atoms with Crippen molar-refractivity contribution in [2.24, 2.45) is 11.8 Å². The molecule has 1 saturated carbocycles. The standard InChI is InChI=1S/C16H25NO2S/c1-11-8-9-15(10-13(11)3)20(18,19)17-16-7-5-6-12(2)14(16)4/h8-10,12,14,16-17H,5-7H2,1-4H3/t12-,14-,16+/m0/s1. The molecule has 0 heterocycles. The van der Waals surface area contributed by atoms with Crippen molar-refractivity contribution in [2.45, 2.75) is 57.9 Å². The van der Waals surface area contributed by atoms with E-state index in [1.807, 2.05) is 19.9 Å². The highest BCUT2D eigenvalue weighted by molar-refractivity contribution is 7.89. The minimum atomic E-state index is -3.41. The molecular weight excluding hydrogens is 270 g/mol. The zero-order valence-electron chi connectivity index (χ0n) is 12.8. The molecule has 0 aliphatic heterocycles. The summed E-state index contributed by atoms with van der Waals surface area (Å²) in [4.78, 5) is 0.381. The fourth-order valence-corrected chi connectivity index (χ4v) is 4.34. The van der Waals surface area contributed by atoms with Crippen molar-refractivity contribution in [1.29, 1.82) is 0 Å². The Balaban J connectivity index is 2.20. The Morgan fingerprint density at radius 1 is 1.10 bits per heavy atom. The van der Waals surface area contributed by atoms with Gasteiger partial charge in [0.2, 0.25) is 10.0 Å². The highest BCUT2D eigenvalue weighted by Gasteiger charge is 2.30. The predicted molar refractivity (Wildman–Crippen MR) is 82.2 cm³/mol. The smallest absolute Gasteiger partial charge is 0.208 e. The van der Waals surface area contributed by atoms with Gasteiger partial charge < -0.3 is 0 Å². The van der Waals surface area contributed by atoms with E-state index in [4.69, 9.17) is 0 Å². The molecule has 0 bridgehead atoms. The van der Waals surface area contributed by atoms with Crippen LogP contribution in [0, 0.1) is 25.7 Å². The third-order valence-electron chi connectivity index (χ3n) is 4.80. The van der Waals surface area contributed by atoms with Crippen molar-refractivity contribution in [3.8, 4) is 0 Å². The summed E-state index contributed by atoms with van der Waals surface area (Å²) in [5.41, 5.74) is 2.13. The lowest BCUT2D eigenvalue weighted by Gasteiger charge is -2.34. The molecule has 1 fully saturated rings. The van der Waals surface area contributed by atoms with Crippen LogP contribution in [0.15, 0.2) is 23.1 Å². The summed E-state index contributed by atoms with van der Waals surface area (Å²) < 4.78 is 27.9. The first-order valence-corrected chi connectivity index (χ1v) is 8.89. The lowest BCUT2D eigenvalue weighted by Crippen LogP contribution is -2.43. The van der Waals surface area contributed by atoms with E-state index in [0.717, 1.165) is 24.0 Å². The molecule has 3 nitrogen and oxygen atoms in total. The first kappa shape index (κ1) is 15.5. The monoisotopic (exact) mass is 295 g/mol. The van der Waals surface area contributed by atoms with Crippen molar-refractivity contribution in [1.82, 2.24) is 4.72 Å². The summed E-state index contributed by atoms with van der Waals surface area (Å²) in [5.74, 6) is 0.973. The second kappa shape index (κ2) is 5.86. The lowest BCUT2D eigenvalue weighted by atomic mass is 9.78. The molecular formula is C16H25NO2S. The molecule has 0 unspecified atom stereocenters. The molecule has 112 valence electrons. The number of nitrogens with one attached hydrogen (secondary N) is 1. The Labute approximate surface area is 122 Å². The van der Waals surface area contributed by atoms with Gasteiger partial charge in [0.1, 0.15) is 0 Å². The minimum Gasteiger partial charge on any atom is -0.208 e. The largest absolute Gasteiger partial charge is 0.240 e. The molecule has 0 saturated heterocycles. The summed E-state index contributed by atoms with van der Waals surface area (Å²) in [5, 5.41) is 0. The molecule has 0 aromatic heterocycles. The van der Waals surface area contributed by atoms with E-state index in [1.165, 1.54) is 6.42 Å². The van der Waals surface area contributed by atoms with Crippen molar-refractivity contribution in [3.05, 3.63) is 29.3 Å². The van der Waals surface area contributed by atoms with Crippen LogP contribution >= 0.6 is 0 Å². The molecule has 1 aliphatic carbocycles. The van der Waals surface area contributed by atoms with E-state index in [2.05, 4.69) is 18.6 Å². The van der Waals surface area contributed by atoms with Gasteiger partial charge in [-0.05, 0) is 55.4 Å². The molecule has 4 heteroatoms. The van der Waals surface area contributed by atoms with Crippen LogP contribution in [0.25, 0.3) is 0 Å². The van der Waals surface area contributed by atoms with Crippen LogP contribution in [0.2, 0.25) is 0 Å². The van der Waals surface area contributed by atoms with Gasteiger partial charge >= 0.3 is 0 Å². The molecule has 1 N–H and O–H groups in total. The molecule has 3 atom stereocenters. The van der Waals surface area contributed by atoms with Gasteiger partial charge in [-0.3, -0.25) is 0 Å². The van der Waals surface area contributed by atoms with Gasteiger partial charge in [-0.15, -0.1) is 0 Å². The summed E-state index contributed by atoms with van der Waals surface area (Å²) in [6, 6.07) is 5.39. The van der Waals surface area contributed by atoms with Gasteiger partial charge in [-0.1, -0.05) is 32.8 Å². The Kier molecular flexibility index (Phi) is 4.55. The maximum Gasteiger partial charge on any atom is 0.240 e. The van der Waals surface area contributed by atoms with E-state index in [9.17, 15) is 8.42 Å². The molecule has 0 radical (unpaired) electrons. The van der Waals surface area contributed by atoms with Crippen molar-refractivity contribution in [2.75, 3.05) is 0 Å². The number of hydrogen-bond donors (Lipinski definition) is 1. The number of rotatable bonds is 3. The average Bonchev–Trinajstić information content (AvgIpc) is 2.38. The van der Waals surface area contributed by atoms with Crippen LogP contribution in [-0.2, 0) is 10.0 Å². The summed E-state index contributed by atoms with van der Waals surface area (Å²) in [6.07, 6.45) is 3.24. The summed E-state index contributed by atoms with van der Waals surface area (Å²) in [7, 11) is -3.41. The second-order valence-corrected chi connectivity index (χ2v) is 7.96. The van der Waals surface area contributed by atoms with E-state index < -0.39 is 10.0 Å². The van der Waals surface area contributed by atoms with Gasteiger partial charge in [-0.25, -0.2) is 13.1 Å². The summed E-state index contributed by atoms with van der Waals surface area (Å²) >= 11 is 0. The first-order valence-electron chi connectivity index (χ1n) is 7.41. The van der Waals surface area contributed by atoms with Gasteiger partial charge in [0, 0.05) is 6.04 Å². The quantitative estimate of drug-likeness (QED) is 0.929. The maximum atomic E-state index is 12.5. The highest BCUT2D eigenvalue weighted by atomic mass is 32.2. The van der Waals surface area contributed by atoms with Crippen molar-refractivity contribution >= 4 is 10.0 Å². The third-order valence-corrected chi connectivity index (χ3v) is 6.29. The van der Waals surface area contributed by atoms with E-state index in [-0.39, 0.29) is 6.04 Å². The van der Waals surface area contributed by atoms with Crippen LogP contribution < -0.4 is 4.72 Å². The maximum absolute atomic E-state index is 12.5. The Hall–Kier alpha value is -0.870. The number of hydrogen-bond acceptors (Lipinski definition) is 2. The van der Waals surface area contributed by atoms with Crippen LogP contribution in [0.3, 0.4) is 0 Å². The van der Waals surface area contributed by atoms with Crippen molar-refractivity contribution < 1.29 is 8.42 Å². The Bertz CT molecular complexity index is 580. The van der Waals surface area contributed by atoms with E-state index >= 15 is 0 Å². The SMILES string of the molecule is Cc1ccc(S(=O)(=O)N[C@@H]2CCC[C@H](C)[C@@H]2C)cc1C.